The minimum absolute atomic E-state index is 0.249. The number of para-hydroxylation sites is 1. The molecular weight excluding hydrogens is 262 g/mol. The van der Waals surface area contributed by atoms with E-state index in [4.69, 9.17) is 4.74 Å². The Morgan fingerprint density at radius 1 is 1.25 bits per heavy atom. The Labute approximate surface area is 114 Å². The van der Waals surface area contributed by atoms with Crippen LogP contribution in [0.4, 0.5) is 4.79 Å². The lowest BCUT2D eigenvalue weighted by Gasteiger charge is -2.04. The van der Waals surface area contributed by atoms with E-state index in [-0.39, 0.29) is 5.69 Å². The highest BCUT2D eigenvalue weighted by Gasteiger charge is 2.13. The van der Waals surface area contributed by atoms with Crippen LogP contribution in [0.5, 0.6) is 0 Å². The summed E-state index contributed by atoms with van der Waals surface area (Å²) in [6.45, 7) is -0.526. The quantitative estimate of drug-likeness (QED) is 0.720. The molecule has 0 aliphatic heterocycles. The molecule has 3 amide bonds. The Kier molecular flexibility index (Phi) is 3.99. The lowest BCUT2D eigenvalue weighted by Crippen LogP contribution is -2.39. The number of benzene rings is 1. The molecule has 0 aliphatic rings. The smallest absolute Gasteiger partial charge is 0.355 e. The zero-order valence-electron chi connectivity index (χ0n) is 10.7. The summed E-state index contributed by atoms with van der Waals surface area (Å²) in [6.07, 6.45) is 0. The van der Waals surface area contributed by atoms with E-state index in [2.05, 4.69) is 10.3 Å². The minimum Gasteiger partial charge on any atom is -0.451 e. The third-order valence-electron chi connectivity index (χ3n) is 2.56. The number of nitrogens with one attached hydrogen (secondary N) is 3. The molecule has 0 bridgehead atoms. The van der Waals surface area contributed by atoms with Crippen LogP contribution >= 0.6 is 0 Å². The van der Waals surface area contributed by atoms with E-state index in [0.29, 0.717) is 0 Å². The van der Waals surface area contributed by atoms with Gasteiger partial charge in [0, 0.05) is 18.0 Å². The van der Waals surface area contributed by atoms with E-state index in [1.807, 2.05) is 29.6 Å². The van der Waals surface area contributed by atoms with Crippen LogP contribution in [0.1, 0.15) is 10.5 Å². The van der Waals surface area contributed by atoms with Crippen molar-refractivity contribution in [3.05, 3.63) is 36.0 Å². The second-order valence-corrected chi connectivity index (χ2v) is 3.97. The first kappa shape index (κ1) is 13.6. The predicted octanol–water partition coefficient (Wildman–Crippen LogP) is 0.780. The summed E-state index contributed by atoms with van der Waals surface area (Å²) in [4.78, 5) is 36.8. The van der Waals surface area contributed by atoms with E-state index in [1.165, 1.54) is 7.05 Å². The molecule has 0 fully saturated rings. The van der Waals surface area contributed by atoms with Crippen LogP contribution in [0.2, 0.25) is 0 Å². The lowest BCUT2D eigenvalue weighted by atomic mass is 10.2. The van der Waals surface area contributed by atoms with Gasteiger partial charge in [0.25, 0.3) is 5.91 Å². The number of ether oxygens (including phenoxy) is 1. The normalized spacial score (nSPS) is 10.1. The predicted molar refractivity (Wildman–Crippen MR) is 71.2 cm³/mol. The maximum absolute atomic E-state index is 11.7. The van der Waals surface area contributed by atoms with Gasteiger partial charge in [0.05, 0.1) is 0 Å². The highest BCUT2D eigenvalue weighted by molar-refractivity contribution is 5.98. The number of hydrogen-bond acceptors (Lipinski definition) is 4. The monoisotopic (exact) mass is 275 g/mol. The van der Waals surface area contributed by atoms with Crippen molar-refractivity contribution in [1.82, 2.24) is 15.6 Å². The van der Waals surface area contributed by atoms with Crippen molar-refractivity contribution >= 4 is 28.8 Å². The molecule has 0 unspecified atom stereocenters. The number of carbonyl (C=O) groups is 3. The molecule has 7 nitrogen and oxygen atoms in total. The van der Waals surface area contributed by atoms with Gasteiger partial charge in [-0.2, -0.15) is 0 Å². The molecule has 0 saturated heterocycles. The van der Waals surface area contributed by atoms with Crippen molar-refractivity contribution in [3.8, 4) is 0 Å². The highest BCUT2D eigenvalue weighted by Crippen LogP contribution is 2.15. The molecule has 7 heteroatoms. The van der Waals surface area contributed by atoms with E-state index >= 15 is 0 Å². The number of H-pyrrole nitrogens is 1. The zero-order chi connectivity index (χ0) is 14.5. The summed E-state index contributed by atoms with van der Waals surface area (Å²) in [6, 6.07) is 8.34. The summed E-state index contributed by atoms with van der Waals surface area (Å²) in [5.74, 6) is -1.36. The molecule has 3 N–H and O–H groups in total. The third kappa shape index (κ3) is 3.14. The minimum atomic E-state index is -0.700. The molecule has 20 heavy (non-hydrogen) atoms. The molecule has 0 spiro atoms. The van der Waals surface area contributed by atoms with E-state index < -0.39 is 24.5 Å². The standard InChI is InChI=1S/C13H13N3O4/c1-14-13(19)16-11(17)7-20-12(18)10-6-8-4-2-3-5-9(8)15-10/h2-6,15H,7H2,1H3,(H2,14,16,17,19). The summed E-state index contributed by atoms with van der Waals surface area (Å²) in [5.41, 5.74) is 1.05. The fourth-order valence-electron chi connectivity index (χ4n) is 1.62. The van der Waals surface area contributed by atoms with Crippen LogP contribution in [0, 0.1) is 0 Å². The molecule has 0 saturated carbocycles. The first-order valence-electron chi connectivity index (χ1n) is 5.86. The average Bonchev–Trinajstić information content (AvgIpc) is 2.88. The molecule has 1 aromatic heterocycles. The number of hydrogen-bond donors (Lipinski definition) is 3. The first-order valence-corrected chi connectivity index (χ1v) is 5.86. The van der Waals surface area contributed by atoms with Crippen LogP contribution in [0.25, 0.3) is 10.9 Å². The average molecular weight is 275 g/mol. The van der Waals surface area contributed by atoms with Crippen molar-refractivity contribution in [2.75, 3.05) is 13.7 Å². The Balaban J connectivity index is 1.95. The van der Waals surface area contributed by atoms with Crippen LogP contribution in [0.3, 0.4) is 0 Å². The van der Waals surface area contributed by atoms with Crippen LogP contribution < -0.4 is 10.6 Å². The van der Waals surface area contributed by atoms with Gasteiger partial charge in [-0.15, -0.1) is 0 Å². The summed E-state index contributed by atoms with van der Waals surface area (Å²) < 4.78 is 4.80. The maximum Gasteiger partial charge on any atom is 0.355 e. The second kappa shape index (κ2) is 5.87. The molecule has 0 aliphatic carbocycles. The van der Waals surface area contributed by atoms with E-state index in [1.54, 1.807) is 6.07 Å². The summed E-state index contributed by atoms with van der Waals surface area (Å²) >= 11 is 0. The molecule has 1 aromatic carbocycles. The Morgan fingerprint density at radius 2 is 2.00 bits per heavy atom. The molecule has 0 atom stereocenters. The number of urea groups is 1. The Hall–Kier alpha value is -2.83. The second-order valence-electron chi connectivity index (χ2n) is 3.97. The number of rotatable bonds is 3. The molecule has 104 valence electrons. The van der Waals surface area contributed by atoms with Crippen molar-refractivity contribution in [2.45, 2.75) is 0 Å². The topological polar surface area (TPSA) is 100 Å². The zero-order valence-corrected chi connectivity index (χ0v) is 10.7. The van der Waals surface area contributed by atoms with Crippen molar-refractivity contribution < 1.29 is 19.1 Å². The van der Waals surface area contributed by atoms with Crippen molar-refractivity contribution in [1.29, 1.82) is 0 Å². The highest BCUT2D eigenvalue weighted by atomic mass is 16.5. The van der Waals surface area contributed by atoms with Gasteiger partial charge in [-0.05, 0) is 12.1 Å². The SMILES string of the molecule is CNC(=O)NC(=O)COC(=O)c1cc2ccccc2[nH]1. The molecule has 1 heterocycles. The van der Waals surface area contributed by atoms with E-state index in [0.717, 1.165) is 10.9 Å². The number of esters is 1. The number of aromatic amines is 1. The number of amides is 3. The van der Waals surface area contributed by atoms with Gasteiger partial charge in [0.15, 0.2) is 6.61 Å². The van der Waals surface area contributed by atoms with Gasteiger partial charge < -0.3 is 15.0 Å². The van der Waals surface area contributed by atoms with Gasteiger partial charge in [0.2, 0.25) is 0 Å². The largest absolute Gasteiger partial charge is 0.451 e. The Morgan fingerprint density at radius 3 is 2.70 bits per heavy atom. The fourth-order valence-corrected chi connectivity index (χ4v) is 1.62. The molecule has 0 radical (unpaired) electrons. The maximum atomic E-state index is 11.7. The third-order valence-corrected chi connectivity index (χ3v) is 2.56. The van der Waals surface area contributed by atoms with Gasteiger partial charge in [0.1, 0.15) is 5.69 Å². The van der Waals surface area contributed by atoms with Crippen LogP contribution in [-0.4, -0.2) is 36.5 Å². The van der Waals surface area contributed by atoms with Gasteiger partial charge in [-0.1, -0.05) is 18.2 Å². The van der Waals surface area contributed by atoms with Crippen molar-refractivity contribution in [3.63, 3.8) is 0 Å². The number of fused-ring (bicyclic) bond motifs is 1. The van der Waals surface area contributed by atoms with Crippen LogP contribution in [0.15, 0.2) is 30.3 Å². The molecule has 2 rings (SSSR count). The van der Waals surface area contributed by atoms with Gasteiger partial charge in [-0.25, -0.2) is 9.59 Å². The van der Waals surface area contributed by atoms with Gasteiger partial charge in [-0.3, -0.25) is 10.1 Å². The van der Waals surface area contributed by atoms with E-state index in [9.17, 15) is 14.4 Å². The number of imide groups is 1. The number of aromatic nitrogens is 1. The molecular formula is C13H13N3O4. The lowest BCUT2D eigenvalue weighted by molar-refractivity contribution is -0.123. The summed E-state index contributed by atoms with van der Waals surface area (Å²) in [7, 11) is 1.37. The number of carbonyl (C=O) groups excluding carboxylic acids is 3. The van der Waals surface area contributed by atoms with Crippen LogP contribution in [-0.2, 0) is 9.53 Å². The molecule has 2 aromatic rings. The first-order chi connectivity index (χ1) is 9.60. The van der Waals surface area contributed by atoms with Crippen molar-refractivity contribution in [2.24, 2.45) is 0 Å². The van der Waals surface area contributed by atoms with Gasteiger partial charge >= 0.3 is 12.0 Å². The Bertz CT molecular complexity index is 629. The fraction of sp³-hybridized carbons (Fsp3) is 0.154. The summed E-state index contributed by atoms with van der Waals surface area (Å²) in [5, 5.41) is 5.07.